The third kappa shape index (κ3) is 5.31. The van der Waals surface area contributed by atoms with Gasteiger partial charge in [-0.05, 0) is 42.8 Å². The second kappa shape index (κ2) is 10.2. The number of rotatable bonds is 6. The second-order valence-corrected chi connectivity index (χ2v) is 8.54. The summed E-state index contributed by atoms with van der Waals surface area (Å²) >= 11 is 0. The number of ether oxygens (including phenoxy) is 1. The Morgan fingerprint density at radius 2 is 1.86 bits per heavy atom. The van der Waals surface area contributed by atoms with Crippen LogP contribution in [0, 0.1) is 5.82 Å². The average Bonchev–Trinajstić information content (AvgIpc) is 3.30. The van der Waals surface area contributed by atoms with Gasteiger partial charge < -0.3 is 10.1 Å². The molecule has 4 aromatic rings. The summed E-state index contributed by atoms with van der Waals surface area (Å²) in [5, 5.41) is 11.2. The highest BCUT2D eigenvalue weighted by molar-refractivity contribution is 5.92. The van der Waals surface area contributed by atoms with E-state index in [1.54, 1.807) is 29.1 Å². The third-order valence-corrected chi connectivity index (χ3v) is 6.06. The van der Waals surface area contributed by atoms with E-state index in [4.69, 9.17) is 9.72 Å². The predicted molar refractivity (Wildman–Crippen MR) is 132 cm³/mol. The van der Waals surface area contributed by atoms with E-state index < -0.39 is 0 Å². The van der Waals surface area contributed by atoms with E-state index >= 15 is 0 Å². The first-order chi connectivity index (χ1) is 17.1. The van der Waals surface area contributed by atoms with Gasteiger partial charge in [0, 0.05) is 25.0 Å². The lowest BCUT2D eigenvalue weighted by Crippen LogP contribution is -2.36. The van der Waals surface area contributed by atoms with Crippen molar-refractivity contribution in [2.24, 2.45) is 0 Å². The first-order valence-electron chi connectivity index (χ1n) is 11.6. The number of hydrogen-bond acceptors (Lipinski definition) is 5. The fourth-order valence-electron chi connectivity index (χ4n) is 4.23. The Labute approximate surface area is 202 Å². The Hall–Kier alpha value is -3.82. The van der Waals surface area contributed by atoms with Crippen molar-refractivity contribution in [3.63, 3.8) is 0 Å². The molecular weight excluding hydrogens is 447 g/mol. The quantitative estimate of drug-likeness (QED) is 0.436. The average molecular weight is 475 g/mol. The van der Waals surface area contributed by atoms with E-state index in [1.807, 2.05) is 37.3 Å². The number of nitrogens with zero attached hydrogens (tertiary/aromatic N) is 4. The maximum atomic E-state index is 13.5. The molecule has 5 rings (SSSR count). The highest BCUT2D eigenvalue weighted by Crippen LogP contribution is 2.26. The van der Waals surface area contributed by atoms with Gasteiger partial charge in [-0.3, -0.25) is 10.2 Å². The van der Waals surface area contributed by atoms with Crippen LogP contribution in [-0.2, 0) is 11.3 Å². The van der Waals surface area contributed by atoms with Crippen molar-refractivity contribution in [1.82, 2.24) is 25.0 Å². The largest absolute Gasteiger partial charge is 0.379 e. The summed E-state index contributed by atoms with van der Waals surface area (Å²) < 4.78 is 20.7. The second-order valence-electron chi connectivity index (χ2n) is 8.54. The monoisotopic (exact) mass is 474 g/mol. The molecule has 1 unspecified atom stereocenters. The Bertz CT molecular complexity index is 1300. The lowest BCUT2D eigenvalue weighted by molar-refractivity contribution is 0.0338. The minimum Gasteiger partial charge on any atom is -0.379 e. The zero-order chi connectivity index (χ0) is 24.2. The standard InChI is InChI=1S/C26H27FN6O2/c1-18(19-5-3-2-4-6-19)29-26(34)31-24-15-20-16-28-33(22-9-7-21(27)8-10-22)25(20)23(30-24)17-32-11-13-35-14-12-32/h2-10,15-16,18H,11-14,17H2,1H3,(H2,29,30,31,34). The number of carbonyl (C=O) groups is 1. The Morgan fingerprint density at radius 1 is 1.11 bits per heavy atom. The lowest BCUT2D eigenvalue weighted by Gasteiger charge is -2.26. The molecule has 0 radical (unpaired) electrons. The van der Waals surface area contributed by atoms with Crippen LogP contribution in [0.3, 0.4) is 0 Å². The Balaban J connectivity index is 1.44. The van der Waals surface area contributed by atoms with E-state index in [0.717, 1.165) is 40.9 Å². The number of morpholine rings is 1. The molecule has 1 saturated heterocycles. The van der Waals surface area contributed by atoms with Crippen molar-refractivity contribution in [2.75, 3.05) is 31.6 Å². The molecule has 35 heavy (non-hydrogen) atoms. The summed E-state index contributed by atoms with van der Waals surface area (Å²) in [7, 11) is 0. The number of anilines is 1. The molecule has 0 bridgehead atoms. The van der Waals surface area contributed by atoms with Crippen LogP contribution in [0.1, 0.15) is 24.2 Å². The van der Waals surface area contributed by atoms with E-state index in [9.17, 15) is 9.18 Å². The number of aromatic nitrogens is 3. The van der Waals surface area contributed by atoms with Crippen LogP contribution in [0.2, 0.25) is 0 Å². The van der Waals surface area contributed by atoms with Crippen LogP contribution in [0.5, 0.6) is 0 Å². The minimum atomic E-state index is -0.337. The van der Waals surface area contributed by atoms with Gasteiger partial charge in [-0.15, -0.1) is 0 Å². The van der Waals surface area contributed by atoms with Crippen molar-refractivity contribution < 1.29 is 13.9 Å². The van der Waals surface area contributed by atoms with Gasteiger partial charge in [0.15, 0.2) is 0 Å². The van der Waals surface area contributed by atoms with E-state index in [2.05, 4.69) is 20.6 Å². The number of fused-ring (bicyclic) bond motifs is 1. The molecule has 2 aromatic carbocycles. The SMILES string of the molecule is CC(NC(=O)Nc1cc2cnn(-c3ccc(F)cc3)c2c(CN2CCOCC2)n1)c1ccccc1. The molecule has 2 aromatic heterocycles. The van der Waals surface area contributed by atoms with Crippen LogP contribution in [0.25, 0.3) is 16.6 Å². The normalized spacial score (nSPS) is 15.1. The van der Waals surface area contributed by atoms with Gasteiger partial charge in [-0.2, -0.15) is 5.10 Å². The topological polar surface area (TPSA) is 84.3 Å². The molecule has 0 aliphatic carbocycles. The molecule has 2 N–H and O–H groups in total. The van der Waals surface area contributed by atoms with Gasteiger partial charge >= 0.3 is 6.03 Å². The molecule has 8 nitrogen and oxygen atoms in total. The molecule has 0 saturated carbocycles. The first kappa shape index (κ1) is 22.9. The zero-order valence-corrected chi connectivity index (χ0v) is 19.4. The third-order valence-electron chi connectivity index (χ3n) is 6.06. The van der Waals surface area contributed by atoms with E-state index in [0.29, 0.717) is 25.6 Å². The molecule has 1 fully saturated rings. The van der Waals surface area contributed by atoms with Crippen molar-refractivity contribution >= 4 is 22.8 Å². The van der Waals surface area contributed by atoms with Crippen LogP contribution in [0.15, 0.2) is 66.9 Å². The van der Waals surface area contributed by atoms with E-state index in [-0.39, 0.29) is 17.9 Å². The highest BCUT2D eigenvalue weighted by atomic mass is 19.1. The van der Waals surface area contributed by atoms with Crippen LogP contribution >= 0.6 is 0 Å². The number of amides is 2. The van der Waals surface area contributed by atoms with Gasteiger partial charge in [-0.25, -0.2) is 18.9 Å². The van der Waals surface area contributed by atoms with E-state index in [1.165, 1.54) is 12.1 Å². The van der Waals surface area contributed by atoms with Gasteiger partial charge in [0.2, 0.25) is 0 Å². The summed E-state index contributed by atoms with van der Waals surface area (Å²) in [5.74, 6) is 0.135. The molecule has 1 atom stereocenters. The number of carbonyl (C=O) groups excluding carboxylic acids is 1. The summed E-state index contributed by atoms with van der Waals surface area (Å²) in [6.45, 7) is 5.42. The van der Waals surface area contributed by atoms with Gasteiger partial charge in [0.25, 0.3) is 0 Å². The van der Waals surface area contributed by atoms with Gasteiger partial charge in [0.05, 0.1) is 42.4 Å². The Kier molecular flexibility index (Phi) is 6.69. The molecule has 180 valence electrons. The Morgan fingerprint density at radius 3 is 2.60 bits per heavy atom. The van der Waals surface area contributed by atoms with Crippen molar-refractivity contribution in [3.8, 4) is 5.69 Å². The first-order valence-corrected chi connectivity index (χ1v) is 11.6. The number of benzene rings is 2. The fraction of sp³-hybridized carbons (Fsp3) is 0.269. The van der Waals surface area contributed by atoms with Gasteiger partial charge in [-0.1, -0.05) is 30.3 Å². The number of hydrogen-bond donors (Lipinski definition) is 2. The smallest absolute Gasteiger partial charge is 0.320 e. The molecule has 0 spiro atoms. The number of pyridine rings is 1. The molecule has 1 aliphatic heterocycles. The minimum absolute atomic E-state index is 0.158. The summed E-state index contributed by atoms with van der Waals surface area (Å²) in [5.41, 5.74) is 3.35. The van der Waals surface area contributed by atoms with Gasteiger partial charge in [0.1, 0.15) is 11.6 Å². The molecule has 9 heteroatoms. The van der Waals surface area contributed by atoms with Crippen LogP contribution < -0.4 is 10.6 Å². The van der Waals surface area contributed by atoms with Crippen molar-refractivity contribution in [2.45, 2.75) is 19.5 Å². The number of urea groups is 1. The molecule has 3 heterocycles. The fourth-order valence-corrected chi connectivity index (χ4v) is 4.23. The zero-order valence-electron chi connectivity index (χ0n) is 19.4. The number of halogens is 1. The molecular formula is C26H27FN6O2. The van der Waals surface area contributed by atoms with Crippen LogP contribution in [-0.4, -0.2) is 52.0 Å². The molecule has 2 amide bonds. The number of nitrogens with one attached hydrogen (secondary N) is 2. The highest BCUT2D eigenvalue weighted by Gasteiger charge is 2.19. The summed E-state index contributed by atoms with van der Waals surface area (Å²) in [6.07, 6.45) is 1.73. The summed E-state index contributed by atoms with van der Waals surface area (Å²) in [4.78, 5) is 19.8. The van der Waals surface area contributed by atoms with Crippen molar-refractivity contribution in [1.29, 1.82) is 0 Å². The van der Waals surface area contributed by atoms with Crippen LogP contribution in [0.4, 0.5) is 15.0 Å². The molecule has 1 aliphatic rings. The van der Waals surface area contributed by atoms with Crippen molar-refractivity contribution in [3.05, 3.63) is 83.9 Å². The lowest BCUT2D eigenvalue weighted by atomic mass is 10.1. The predicted octanol–water partition coefficient (Wildman–Crippen LogP) is 4.27. The summed E-state index contributed by atoms with van der Waals surface area (Å²) in [6, 6.07) is 17.3. The maximum absolute atomic E-state index is 13.5. The maximum Gasteiger partial charge on any atom is 0.320 e.